The molecule has 0 heterocycles. The second kappa shape index (κ2) is 2.47. The molecule has 0 aromatic rings. The molecule has 1 saturated carbocycles. The molecule has 3 heteroatoms. The van der Waals surface area contributed by atoms with Gasteiger partial charge < -0.3 is 4.90 Å². The van der Waals surface area contributed by atoms with Crippen LogP contribution < -0.4 is 0 Å². The van der Waals surface area contributed by atoms with Crippen molar-refractivity contribution in [2.24, 2.45) is 5.92 Å². The average Bonchev–Trinajstić information content (AvgIpc) is 2.56. The van der Waals surface area contributed by atoms with Gasteiger partial charge in [-0.2, -0.15) is 0 Å². The zero-order valence-corrected chi connectivity index (χ0v) is 6.90. The van der Waals surface area contributed by atoms with E-state index < -0.39 is 11.8 Å². The van der Waals surface area contributed by atoms with Crippen molar-refractivity contribution in [2.45, 2.75) is 19.3 Å². The zero-order valence-electron chi connectivity index (χ0n) is 6.90. The third-order valence-corrected chi connectivity index (χ3v) is 2.19. The van der Waals surface area contributed by atoms with E-state index in [0.717, 1.165) is 6.54 Å². The van der Waals surface area contributed by atoms with Crippen molar-refractivity contribution in [3.63, 3.8) is 0 Å². The minimum atomic E-state index is -2.47. The van der Waals surface area contributed by atoms with Crippen LogP contribution in [0.1, 0.15) is 13.3 Å². The minimum absolute atomic E-state index is 0.0177. The van der Waals surface area contributed by atoms with Gasteiger partial charge in [0.25, 0.3) is 5.92 Å². The van der Waals surface area contributed by atoms with Crippen molar-refractivity contribution in [3.05, 3.63) is 12.3 Å². The topological polar surface area (TPSA) is 3.24 Å². The molecule has 0 bridgehead atoms. The molecule has 0 amide bonds. The van der Waals surface area contributed by atoms with Crippen LogP contribution in [0.4, 0.5) is 8.78 Å². The Labute approximate surface area is 65.7 Å². The summed E-state index contributed by atoms with van der Waals surface area (Å²) >= 11 is 0. The summed E-state index contributed by atoms with van der Waals surface area (Å²) in [5.74, 6) is -3.06. The summed E-state index contributed by atoms with van der Waals surface area (Å²) in [4.78, 5) is 1.77. The predicted molar refractivity (Wildman–Crippen MR) is 40.5 cm³/mol. The first-order valence-corrected chi connectivity index (χ1v) is 3.76. The molecule has 64 valence electrons. The third-order valence-electron chi connectivity index (χ3n) is 2.19. The van der Waals surface area contributed by atoms with E-state index in [1.165, 1.54) is 0 Å². The molecule has 1 nitrogen and oxygen atoms in total. The van der Waals surface area contributed by atoms with Crippen molar-refractivity contribution in [3.8, 4) is 0 Å². The molecule has 0 saturated heterocycles. The van der Waals surface area contributed by atoms with E-state index >= 15 is 0 Å². The third kappa shape index (κ3) is 1.52. The van der Waals surface area contributed by atoms with Crippen molar-refractivity contribution in [2.75, 3.05) is 13.6 Å². The summed E-state index contributed by atoms with van der Waals surface area (Å²) in [6.07, 6.45) is -0.0177. The summed E-state index contributed by atoms with van der Waals surface area (Å²) in [5.41, 5.74) is 0.567. The highest BCUT2D eigenvalue weighted by Gasteiger charge is 2.58. The van der Waals surface area contributed by atoms with Crippen LogP contribution in [0.2, 0.25) is 0 Å². The van der Waals surface area contributed by atoms with Crippen molar-refractivity contribution >= 4 is 0 Å². The summed E-state index contributed by atoms with van der Waals surface area (Å²) in [6, 6.07) is 0. The number of allylic oxidation sites excluding steroid dienone is 1. The van der Waals surface area contributed by atoms with E-state index in [9.17, 15) is 8.78 Å². The highest BCUT2D eigenvalue weighted by atomic mass is 19.3. The maximum absolute atomic E-state index is 12.5. The highest BCUT2D eigenvalue weighted by Crippen LogP contribution is 2.52. The van der Waals surface area contributed by atoms with Gasteiger partial charge in [0.2, 0.25) is 0 Å². The lowest BCUT2D eigenvalue weighted by molar-refractivity contribution is 0.100. The Kier molecular flexibility index (Phi) is 1.90. The van der Waals surface area contributed by atoms with Gasteiger partial charge in [-0.15, -0.1) is 0 Å². The van der Waals surface area contributed by atoms with Gasteiger partial charge in [-0.3, -0.25) is 0 Å². The molecule has 1 aliphatic carbocycles. The minimum Gasteiger partial charge on any atom is -0.378 e. The molecule has 1 aliphatic rings. The van der Waals surface area contributed by atoms with E-state index in [2.05, 4.69) is 6.58 Å². The SMILES string of the molecule is C=C(C1CC1(F)F)N(C)CC. The summed E-state index contributed by atoms with van der Waals surface area (Å²) < 4.78 is 24.9. The predicted octanol–water partition coefficient (Wildman–Crippen LogP) is 2.11. The van der Waals surface area contributed by atoms with Gasteiger partial charge in [-0.1, -0.05) is 6.58 Å². The first-order valence-electron chi connectivity index (χ1n) is 3.76. The molecule has 1 rings (SSSR count). The molecule has 11 heavy (non-hydrogen) atoms. The number of nitrogens with zero attached hydrogens (tertiary/aromatic N) is 1. The van der Waals surface area contributed by atoms with Crippen LogP contribution in [0, 0.1) is 5.92 Å². The van der Waals surface area contributed by atoms with E-state index in [-0.39, 0.29) is 6.42 Å². The molecule has 1 atom stereocenters. The van der Waals surface area contributed by atoms with E-state index in [1.54, 1.807) is 11.9 Å². The number of hydrogen-bond donors (Lipinski definition) is 0. The standard InChI is InChI=1S/C8H13F2N/c1-4-11(3)6(2)7-5-8(7,9)10/h7H,2,4-5H2,1,3H3. The van der Waals surface area contributed by atoms with Crippen LogP contribution in [-0.2, 0) is 0 Å². The summed E-state index contributed by atoms with van der Waals surface area (Å²) in [7, 11) is 1.79. The van der Waals surface area contributed by atoms with Gasteiger partial charge in [0.15, 0.2) is 0 Å². The second-order valence-corrected chi connectivity index (χ2v) is 3.02. The van der Waals surface area contributed by atoms with Gasteiger partial charge in [0.1, 0.15) is 0 Å². The monoisotopic (exact) mass is 161 g/mol. The zero-order chi connectivity index (χ0) is 8.65. The van der Waals surface area contributed by atoms with Crippen LogP contribution in [-0.4, -0.2) is 24.4 Å². The molecular formula is C8H13F2N. The number of rotatable bonds is 3. The summed E-state index contributed by atoms with van der Waals surface area (Å²) in [6.45, 7) is 6.29. The van der Waals surface area contributed by atoms with Crippen LogP contribution in [0.25, 0.3) is 0 Å². The lowest BCUT2D eigenvalue weighted by atomic mass is 10.3. The number of halogens is 2. The Bertz CT molecular complexity index is 177. The first kappa shape index (κ1) is 8.50. The average molecular weight is 161 g/mol. The molecule has 0 aromatic carbocycles. The fraction of sp³-hybridized carbons (Fsp3) is 0.750. The van der Waals surface area contributed by atoms with Crippen LogP contribution in [0.5, 0.6) is 0 Å². The Morgan fingerprint density at radius 2 is 2.18 bits per heavy atom. The van der Waals surface area contributed by atoms with Crippen molar-refractivity contribution in [1.29, 1.82) is 0 Å². The molecule has 0 aromatic heterocycles. The molecule has 0 spiro atoms. The first-order chi connectivity index (χ1) is 4.99. The molecule has 0 radical (unpaired) electrons. The highest BCUT2D eigenvalue weighted by molar-refractivity contribution is 5.15. The molecule has 0 aliphatic heterocycles. The van der Waals surface area contributed by atoms with Gasteiger partial charge in [-0.05, 0) is 6.92 Å². The van der Waals surface area contributed by atoms with Crippen molar-refractivity contribution in [1.82, 2.24) is 4.90 Å². The fourth-order valence-electron chi connectivity index (χ4n) is 1.04. The maximum atomic E-state index is 12.5. The van der Waals surface area contributed by atoms with E-state index in [4.69, 9.17) is 0 Å². The fourth-order valence-corrected chi connectivity index (χ4v) is 1.04. The van der Waals surface area contributed by atoms with Gasteiger partial charge >= 0.3 is 0 Å². The number of hydrogen-bond acceptors (Lipinski definition) is 1. The Morgan fingerprint density at radius 3 is 2.45 bits per heavy atom. The molecular weight excluding hydrogens is 148 g/mol. The summed E-state index contributed by atoms with van der Waals surface area (Å²) in [5, 5.41) is 0. The smallest absolute Gasteiger partial charge is 0.257 e. The van der Waals surface area contributed by atoms with Crippen LogP contribution in [0.3, 0.4) is 0 Å². The van der Waals surface area contributed by atoms with Gasteiger partial charge in [-0.25, -0.2) is 8.78 Å². The van der Waals surface area contributed by atoms with Crippen LogP contribution >= 0.6 is 0 Å². The maximum Gasteiger partial charge on any atom is 0.257 e. The lowest BCUT2D eigenvalue weighted by Crippen LogP contribution is -2.19. The quantitative estimate of drug-likeness (QED) is 0.612. The lowest BCUT2D eigenvalue weighted by Gasteiger charge is -2.18. The van der Waals surface area contributed by atoms with E-state index in [1.807, 2.05) is 6.92 Å². The Balaban J connectivity index is 2.46. The molecule has 1 unspecified atom stereocenters. The molecule has 0 N–H and O–H groups in total. The van der Waals surface area contributed by atoms with Gasteiger partial charge in [0.05, 0.1) is 5.92 Å². The molecule has 1 fully saturated rings. The van der Waals surface area contributed by atoms with Crippen LogP contribution in [0.15, 0.2) is 12.3 Å². The normalized spacial score (nSPS) is 26.4. The van der Waals surface area contributed by atoms with E-state index in [0.29, 0.717) is 5.70 Å². The Hall–Kier alpha value is -0.600. The second-order valence-electron chi connectivity index (χ2n) is 3.02. The van der Waals surface area contributed by atoms with Crippen molar-refractivity contribution < 1.29 is 8.78 Å². The number of alkyl halides is 2. The van der Waals surface area contributed by atoms with Gasteiger partial charge in [0, 0.05) is 25.7 Å². The Morgan fingerprint density at radius 1 is 1.73 bits per heavy atom. The largest absolute Gasteiger partial charge is 0.378 e.